The van der Waals surface area contributed by atoms with Gasteiger partial charge in [0.2, 0.25) is 0 Å². The first kappa shape index (κ1) is 12.6. The number of carbonyl (C=O) groups is 1. The van der Waals surface area contributed by atoms with E-state index in [9.17, 15) is 14.3 Å². The van der Waals surface area contributed by atoms with E-state index in [1.54, 1.807) is 12.1 Å². The molecule has 1 aliphatic carbocycles. The Labute approximate surface area is 112 Å². The molecule has 1 saturated heterocycles. The van der Waals surface area contributed by atoms with E-state index < -0.39 is 11.4 Å². The van der Waals surface area contributed by atoms with Crippen molar-refractivity contribution in [1.82, 2.24) is 4.90 Å². The molecule has 0 bridgehead atoms. The number of carboxylic acids is 1. The first-order chi connectivity index (χ1) is 9.12. The molecule has 0 aromatic heterocycles. The Morgan fingerprint density at radius 1 is 1.47 bits per heavy atom. The van der Waals surface area contributed by atoms with Gasteiger partial charge in [0, 0.05) is 25.2 Å². The van der Waals surface area contributed by atoms with Gasteiger partial charge in [0.05, 0.1) is 5.41 Å². The molecule has 0 radical (unpaired) electrons. The largest absolute Gasteiger partial charge is 0.481 e. The molecule has 4 heteroatoms. The fourth-order valence-corrected chi connectivity index (χ4v) is 3.73. The van der Waals surface area contributed by atoms with Crippen LogP contribution in [-0.4, -0.2) is 29.1 Å². The highest BCUT2D eigenvalue weighted by Crippen LogP contribution is 2.49. The lowest BCUT2D eigenvalue weighted by Crippen LogP contribution is -2.35. The van der Waals surface area contributed by atoms with Crippen LogP contribution in [-0.2, 0) is 11.3 Å². The van der Waals surface area contributed by atoms with Crippen LogP contribution in [0.5, 0.6) is 0 Å². The topological polar surface area (TPSA) is 40.5 Å². The van der Waals surface area contributed by atoms with Gasteiger partial charge in [-0.15, -0.1) is 0 Å². The van der Waals surface area contributed by atoms with E-state index in [1.807, 2.05) is 6.07 Å². The number of rotatable bonds is 3. The van der Waals surface area contributed by atoms with Crippen molar-refractivity contribution in [1.29, 1.82) is 0 Å². The van der Waals surface area contributed by atoms with Gasteiger partial charge >= 0.3 is 5.97 Å². The van der Waals surface area contributed by atoms with Crippen molar-refractivity contribution < 1.29 is 14.3 Å². The van der Waals surface area contributed by atoms with E-state index >= 15 is 0 Å². The summed E-state index contributed by atoms with van der Waals surface area (Å²) in [5.74, 6) is -0.647. The van der Waals surface area contributed by atoms with Gasteiger partial charge < -0.3 is 5.11 Å². The lowest BCUT2D eigenvalue weighted by Gasteiger charge is -2.23. The Morgan fingerprint density at radius 2 is 2.26 bits per heavy atom. The molecule has 102 valence electrons. The minimum Gasteiger partial charge on any atom is -0.481 e. The van der Waals surface area contributed by atoms with Gasteiger partial charge in [-0.05, 0) is 24.8 Å². The number of likely N-dealkylation sites (tertiary alicyclic amines) is 1. The molecule has 0 spiro atoms. The molecule has 0 unspecified atom stereocenters. The molecule has 1 saturated carbocycles. The van der Waals surface area contributed by atoms with E-state index in [0.717, 1.165) is 25.8 Å². The van der Waals surface area contributed by atoms with Crippen molar-refractivity contribution in [3.8, 4) is 0 Å². The predicted molar refractivity (Wildman–Crippen MR) is 69.1 cm³/mol. The zero-order valence-electron chi connectivity index (χ0n) is 10.8. The van der Waals surface area contributed by atoms with Gasteiger partial charge in [0.1, 0.15) is 5.82 Å². The van der Waals surface area contributed by atoms with Crippen LogP contribution in [0.1, 0.15) is 24.8 Å². The van der Waals surface area contributed by atoms with Gasteiger partial charge in [-0.25, -0.2) is 4.39 Å². The summed E-state index contributed by atoms with van der Waals surface area (Å²) in [5.41, 5.74) is 0.0774. The maximum atomic E-state index is 13.6. The Bertz CT molecular complexity index is 505. The number of hydrogen-bond donors (Lipinski definition) is 1. The highest BCUT2D eigenvalue weighted by Gasteiger charge is 2.54. The first-order valence-electron chi connectivity index (χ1n) is 6.81. The van der Waals surface area contributed by atoms with Crippen LogP contribution < -0.4 is 0 Å². The number of fused-ring (bicyclic) bond motifs is 1. The average Bonchev–Trinajstić information content (AvgIpc) is 2.89. The fraction of sp³-hybridized carbons (Fsp3) is 0.533. The molecule has 1 aromatic carbocycles. The minimum absolute atomic E-state index is 0.205. The Kier molecular flexibility index (Phi) is 3.05. The second-order valence-corrected chi connectivity index (χ2v) is 5.81. The normalized spacial score (nSPS) is 30.5. The summed E-state index contributed by atoms with van der Waals surface area (Å²) in [6, 6.07) is 6.73. The highest BCUT2D eigenvalue weighted by atomic mass is 19.1. The molecule has 1 heterocycles. The van der Waals surface area contributed by atoms with Gasteiger partial charge in [-0.2, -0.15) is 0 Å². The molecule has 3 rings (SSSR count). The van der Waals surface area contributed by atoms with Crippen LogP contribution in [0, 0.1) is 17.2 Å². The summed E-state index contributed by atoms with van der Waals surface area (Å²) in [6.45, 7) is 1.85. The number of benzene rings is 1. The van der Waals surface area contributed by atoms with Gasteiger partial charge in [-0.3, -0.25) is 9.69 Å². The van der Waals surface area contributed by atoms with Crippen molar-refractivity contribution in [3.05, 3.63) is 35.6 Å². The van der Waals surface area contributed by atoms with Crippen LogP contribution in [0.2, 0.25) is 0 Å². The Balaban J connectivity index is 1.76. The summed E-state index contributed by atoms with van der Waals surface area (Å²) in [7, 11) is 0. The average molecular weight is 263 g/mol. The molecule has 1 aliphatic heterocycles. The molecule has 2 aliphatic rings. The monoisotopic (exact) mass is 263 g/mol. The number of halogens is 1. The van der Waals surface area contributed by atoms with Gasteiger partial charge in [-0.1, -0.05) is 24.6 Å². The maximum absolute atomic E-state index is 13.6. The molecule has 2 fully saturated rings. The van der Waals surface area contributed by atoms with E-state index in [-0.39, 0.29) is 11.7 Å². The molecule has 0 amide bonds. The van der Waals surface area contributed by atoms with E-state index in [2.05, 4.69) is 4.90 Å². The minimum atomic E-state index is -0.675. The molecule has 1 N–H and O–H groups in total. The quantitative estimate of drug-likeness (QED) is 0.911. The van der Waals surface area contributed by atoms with Crippen molar-refractivity contribution in [2.45, 2.75) is 25.8 Å². The van der Waals surface area contributed by atoms with Crippen LogP contribution in [0.3, 0.4) is 0 Å². The smallest absolute Gasteiger partial charge is 0.311 e. The van der Waals surface area contributed by atoms with Crippen molar-refractivity contribution in [3.63, 3.8) is 0 Å². The molecular formula is C15H18FNO2. The molecular weight excluding hydrogens is 245 g/mol. The Hall–Kier alpha value is -1.42. The number of carboxylic acid groups (broad SMARTS) is 1. The number of nitrogens with zero attached hydrogens (tertiary/aromatic N) is 1. The second-order valence-electron chi connectivity index (χ2n) is 5.81. The van der Waals surface area contributed by atoms with Gasteiger partial charge in [0.15, 0.2) is 0 Å². The zero-order valence-corrected chi connectivity index (χ0v) is 10.8. The summed E-state index contributed by atoms with van der Waals surface area (Å²) >= 11 is 0. The van der Waals surface area contributed by atoms with Crippen LogP contribution in [0.25, 0.3) is 0 Å². The van der Waals surface area contributed by atoms with Crippen molar-refractivity contribution >= 4 is 5.97 Å². The fourth-order valence-electron chi connectivity index (χ4n) is 3.73. The lowest BCUT2D eigenvalue weighted by molar-refractivity contribution is -0.149. The summed E-state index contributed by atoms with van der Waals surface area (Å²) < 4.78 is 13.6. The predicted octanol–water partition coefficient (Wildman–Crippen LogP) is 2.51. The Morgan fingerprint density at radius 3 is 2.95 bits per heavy atom. The first-order valence-corrected chi connectivity index (χ1v) is 6.81. The van der Waals surface area contributed by atoms with Crippen LogP contribution in [0.15, 0.2) is 24.3 Å². The van der Waals surface area contributed by atoms with Crippen LogP contribution >= 0.6 is 0 Å². The molecule has 3 nitrogen and oxygen atoms in total. The van der Waals surface area contributed by atoms with E-state index in [1.165, 1.54) is 6.07 Å². The number of hydrogen-bond acceptors (Lipinski definition) is 2. The van der Waals surface area contributed by atoms with Crippen molar-refractivity contribution in [2.24, 2.45) is 11.3 Å². The highest BCUT2D eigenvalue weighted by molar-refractivity contribution is 5.76. The van der Waals surface area contributed by atoms with E-state index in [0.29, 0.717) is 18.7 Å². The van der Waals surface area contributed by atoms with E-state index in [4.69, 9.17) is 0 Å². The standard InChI is InChI=1S/C15H18FNO2/c16-13-6-2-1-4-11(13)8-17-9-12-5-3-7-15(12,10-17)14(18)19/h1-2,4,6,12H,3,5,7-10H2,(H,18,19)/t12-,15+/m0/s1. The maximum Gasteiger partial charge on any atom is 0.311 e. The number of aliphatic carboxylic acids is 1. The molecule has 19 heavy (non-hydrogen) atoms. The lowest BCUT2D eigenvalue weighted by atomic mass is 9.81. The van der Waals surface area contributed by atoms with Gasteiger partial charge in [0.25, 0.3) is 0 Å². The third-order valence-electron chi connectivity index (χ3n) is 4.72. The summed E-state index contributed by atoms with van der Waals surface area (Å²) in [6.07, 6.45) is 2.76. The molecule has 1 aromatic rings. The zero-order chi connectivity index (χ0) is 13.5. The third kappa shape index (κ3) is 2.04. The second kappa shape index (κ2) is 4.60. The van der Waals surface area contributed by atoms with Crippen LogP contribution in [0.4, 0.5) is 4.39 Å². The van der Waals surface area contributed by atoms with Crippen molar-refractivity contribution in [2.75, 3.05) is 13.1 Å². The summed E-state index contributed by atoms with van der Waals surface area (Å²) in [5, 5.41) is 9.51. The molecule has 2 atom stereocenters. The third-order valence-corrected chi connectivity index (χ3v) is 4.72. The SMILES string of the molecule is O=C(O)[C@@]12CCC[C@H]1CN(Cc1ccccc1F)C2. The summed E-state index contributed by atoms with van der Waals surface area (Å²) in [4.78, 5) is 13.7.